The number of rotatable bonds is 3. The minimum absolute atomic E-state index is 0.0163. The first-order valence-electron chi connectivity index (χ1n) is 8.37. The van der Waals surface area contributed by atoms with Crippen molar-refractivity contribution in [3.63, 3.8) is 0 Å². The van der Waals surface area contributed by atoms with Crippen molar-refractivity contribution in [2.75, 3.05) is 5.32 Å². The van der Waals surface area contributed by atoms with Crippen molar-refractivity contribution in [1.29, 1.82) is 0 Å². The summed E-state index contributed by atoms with van der Waals surface area (Å²) in [6.45, 7) is 8.19. The van der Waals surface area contributed by atoms with Crippen molar-refractivity contribution in [1.82, 2.24) is 5.43 Å². The number of benzene rings is 2. The van der Waals surface area contributed by atoms with Gasteiger partial charge < -0.3 is 5.32 Å². The molecule has 2 rings (SSSR count). The molecule has 2 N–H and O–H groups in total. The molecule has 0 aromatic heterocycles. The number of hydrogen-bond acceptors (Lipinski definition) is 2. The lowest BCUT2D eigenvalue weighted by Gasteiger charge is -2.19. The predicted octanol–water partition coefficient (Wildman–Crippen LogP) is 5.71. The number of alkyl halides is 3. The summed E-state index contributed by atoms with van der Waals surface area (Å²) in [5, 5.41) is 6.69. The van der Waals surface area contributed by atoms with E-state index in [1.54, 1.807) is 6.92 Å². The highest BCUT2D eigenvalue weighted by molar-refractivity contribution is 7.80. The summed E-state index contributed by atoms with van der Waals surface area (Å²) in [4.78, 5) is 0. The van der Waals surface area contributed by atoms with Gasteiger partial charge in [-0.2, -0.15) is 18.3 Å². The minimum atomic E-state index is -4.47. The van der Waals surface area contributed by atoms with Crippen molar-refractivity contribution >= 4 is 28.7 Å². The fraction of sp³-hybridized carbons (Fsp3) is 0.300. The number of hydrazone groups is 1. The Bertz CT molecular complexity index is 835. The fourth-order valence-corrected chi connectivity index (χ4v) is 2.56. The first-order valence-corrected chi connectivity index (χ1v) is 8.78. The molecule has 2 aromatic rings. The Hall–Kier alpha value is -2.41. The van der Waals surface area contributed by atoms with Gasteiger partial charge in [-0.3, -0.25) is 5.43 Å². The van der Waals surface area contributed by atoms with Crippen LogP contribution in [0.5, 0.6) is 0 Å². The fourth-order valence-electron chi connectivity index (χ4n) is 2.40. The zero-order valence-corrected chi connectivity index (χ0v) is 16.4. The number of anilines is 1. The van der Waals surface area contributed by atoms with Crippen LogP contribution in [0.25, 0.3) is 0 Å². The molecule has 27 heavy (non-hydrogen) atoms. The number of nitrogens with zero attached hydrogens (tertiary/aromatic N) is 1. The summed E-state index contributed by atoms with van der Waals surface area (Å²) in [7, 11) is 0. The van der Waals surface area contributed by atoms with Crippen LogP contribution in [0.4, 0.5) is 18.9 Å². The lowest BCUT2D eigenvalue weighted by atomic mass is 9.86. The van der Waals surface area contributed by atoms with Crippen LogP contribution in [0.1, 0.15) is 44.4 Å². The van der Waals surface area contributed by atoms with E-state index in [4.69, 9.17) is 12.2 Å². The van der Waals surface area contributed by atoms with Crippen LogP contribution in [0, 0.1) is 0 Å². The lowest BCUT2D eigenvalue weighted by Crippen LogP contribution is -2.26. The monoisotopic (exact) mass is 393 g/mol. The number of hydrogen-bond donors (Lipinski definition) is 2. The Labute approximate surface area is 162 Å². The van der Waals surface area contributed by atoms with Crippen molar-refractivity contribution in [3.8, 4) is 0 Å². The van der Waals surface area contributed by atoms with Crippen molar-refractivity contribution in [3.05, 3.63) is 65.2 Å². The molecular weight excluding hydrogens is 371 g/mol. The molecule has 2 aromatic carbocycles. The van der Waals surface area contributed by atoms with Gasteiger partial charge in [0.15, 0.2) is 5.11 Å². The molecule has 144 valence electrons. The number of nitrogens with one attached hydrogen (secondary N) is 2. The van der Waals surface area contributed by atoms with E-state index in [2.05, 4.69) is 36.6 Å². The number of para-hydroxylation sites is 1. The largest absolute Gasteiger partial charge is 0.418 e. The molecule has 7 heteroatoms. The van der Waals surface area contributed by atoms with Gasteiger partial charge in [-0.05, 0) is 47.8 Å². The Morgan fingerprint density at radius 1 is 0.963 bits per heavy atom. The standard InChI is InChI=1S/C20H22F3N3S/c1-13(14-9-11-15(12-10-14)19(2,3)4)25-26-18(27)24-17-8-6-5-7-16(17)20(21,22)23/h5-12H,1-4H3,(H2,24,26,27)/b25-13-. The smallest absolute Gasteiger partial charge is 0.331 e. The van der Waals surface area contributed by atoms with Gasteiger partial charge in [0.05, 0.1) is 17.0 Å². The maximum absolute atomic E-state index is 13.0. The van der Waals surface area contributed by atoms with Crippen LogP contribution in [-0.2, 0) is 11.6 Å². The molecule has 0 saturated heterocycles. The van der Waals surface area contributed by atoms with Gasteiger partial charge in [0.1, 0.15) is 0 Å². The Balaban J connectivity index is 2.07. The highest BCUT2D eigenvalue weighted by Crippen LogP contribution is 2.34. The highest BCUT2D eigenvalue weighted by atomic mass is 32.1. The second-order valence-corrected chi connectivity index (χ2v) is 7.54. The van der Waals surface area contributed by atoms with Gasteiger partial charge in [0.25, 0.3) is 0 Å². The zero-order valence-electron chi connectivity index (χ0n) is 15.6. The SMILES string of the molecule is C/C(=N/NC(=S)Nc1ccccc1C(F)(F)F)c1ccc(C(C)(C)C)cc1. The van der Waals surface area contributed by atoms with Crippen LogP contribution in [0.3, 0.4) is 0 Å². The third kappa shape index (κ3) is 5.79. The molecular formula is C20H22F3N3S. The third-order valence-corrected chi connectivity index (χ3v) is 4.17. The van der Waals surface area contributed by atoms with E-state index in [-0.39, 0.29) is 16.2 Å². The number of thiocarbonyl (C=S) groups is 1. The van der Waals surface area contributed by atoms with E-state index in [0.717, 1.165) is 11.6 Å². The zero-order chi connectivity index (χ0) is 20.2. The van der Waals surface area contributed by atoms with Crippen LogP contribution in [0.15, 0.2) is 53.6 Å². The first kappa shape index (κ1) is 20.9. The van der Waals surface area contributed by atoms with E-state index < -0.39 is 11.7 Å². The van der Waals surface area contributed by atoms with Crippen LogP contribution in [-0.4, -0.2) is 10.8 Å². The maximum atomic E-state index is 13.0. The molecule has 0 aliphatic carbocycles. The topological polar surface area (TPSA) is 36.4 Å². The van der Waals surface area contributed by atoms with E-state index in [1.807, 2.05) is 24.3 Å². The average Bonchev–Trinajstić information content (AvgIpc) is 2.58. The summed E-state index contributed by atoms with van der Waals surface area (Å²) in [6, 6.07) is 13.1. The molecule has 0 fully saturated rings. The Morgan fingerprint density at radius 3 is 2.11 bits per heavy atom. The summed E-state index contributed by atoms with van der Waals surface area (Å²) in [5.74, 6) is 0. The molecule has 0 bridgehead atoms. The average molecular weight is 393 g/mol. The second-order valence-electron chi connectivity index (χ2n) is 7.13. The maximum Gasteiger partial charge on any atom is 0.418 e. The van der Waals surface area contributed by atoms with Crippen molar-refractivity contribution in [2.45, 2.75) is 39.3 Å². The predicted molar refractivity (Wildman–Crippen MR) is 108 cm³/mol. The molecule has 0 spiro atoms. The Morgan fingerprint density at radius 2 is 1.56 bits per heavy atom. The molecule has 0 unspecified atom stereocenters. The minimum Gasteiger partial charge on any atom is -0.331 e. The summed E-state index contributed by atoms with van der Waals surface area (Å²) in [6.07, 6.45) is -4.47. The lowest BCUT2D eigenvalue weighted by molar-refractivity contribution is -0.136. The number of halogens is 3. The van der Waals surface area contributed by atoms with Crippen LogP contribution in [0.2, 0.25) is 0 Å². The van der Waals surface area contributed by atoms with E-state index in [0.29, 0.717) is 5.71 Å². The molecule has 0 aliphatic rings. The summed E-state index contributed by atoms with van der Waals surface area (Å²) < 4.78 is 39.1. The molecule has 0 radical (unpaired) electrons. The normalized spacial score (nSPS) is 12.6. The van der Waals surface area contributed by atoms with Crippen LogP contribution >= 0.6 is 12.2 Å². The summed E-state index contributed by atoms with van der Waals surface area (Å²) >= 11 is 5.06. The van der Waals surface area contributed by atoms with E-state index in [1.165, 1.54) is 23.8 Å². The van der Waals surface area contributed by atoms with Gasteiger partial charge in [-0.25, -0.2) is 0 Å². The van der Waals surface area contributed by atoms with Gasteiger partial charge in [0, 0.05) is 0 Å². The quantitative estimate of drug-likeness (QED) is 0.398. The molecule has 0 heterocycles. The van der Waals surface area contributed by atoms with Gasteiger partial charge in [-0.15, -0.1) is 0 Å². The van der Waals surface area contributed by atoms with Crippen molar-refractivity contribution in [2.24, 2.45) is 5.10 Å². The first-order chi connectivity index (χ1) is 12.5. The van der Waals surface area contributed by atoms with E-state index >= 15 is 0 Å². The third-order valence-electron chi connectivity index (χ3n) is 3.97. The van der Waals surface area contributed by atoms with Gasteiger partial charge in [0.2, 0.25) is 0 Å². The molecule has 0 atom stereocenters. The molecule has 3 nitrogen and oxygen atoms in total. The van der Waals surface area contributed by atoms with E-state index in [9.17, 15) is 13.2 Å². The second kappa shape index (κ2) is 8.08. The Kier molecular flexibility index (Phi) is 6.26. The summed E-state index contributed by atoms with van der Waals surface area (Å²) in [5.41, 5.74) is 4.51. The van der Waals surface area contributed by atoms with Gasteiger partial charge >= 0.3 is 6.18 Å². The molecule has 0 amide bonds. The van der Waals surface area contributed by atoms with Gasteiger partial charge in [-0.1, -0.05) is 57.2 Å². The van der Waals surface area contributed by atoms with Crippen LogP contribution < -0.4 is 10.7 Å². The highest BCUT2D eigenvalue weighted by Gasteiger charge is 2.33. The van der Waals surface area contributed by atoms with Crippen molar-refractivity contribution < 1.29 is 13.2 Å². The molecule has 0 saturated carbocycles. The molecule has 0 aliphatic heterocycles.